The third-order valence-electron chi connectivity index (χ3n) is 4.19. The van der Waals surface area contributed by atoms with Crippen molar-refractivity contribution in [3.05, 3.63) is 71.4 Å². The van der Waals surface area contributed by atoms with Crippen LogP contribution in [0.2, 0.25) is 0 Å². The lowest BCUT2D eigenvalue weighted by Crippen LogP contribution is -1.95. The summed E-state index contributed by atoms with van der Waals surface area (Å²) in [5.41, 5.74) is 4.80. The number of para-hydroxylation sites is 1. The highest BCUT2D eigenvalue weighted by Gasteiger charge is 2.31. The molecule has 1 aliphatic carbocycles. The van der Waals surface area contributed by atoms with Crippen LogP contribution in [0.5, 0.6) is 0 Å². The second-order valence-corrected chi connectivity index (χ2v) is 5.22. The maximum atomic E-state index is 10.2. The minimum Gasteiger partial charge on any atom is -0.388 e. The Morgan fingerprint density at radius 3 is 2.53 bits per heavy atom. The number of fused-ring (bicyclic) bond motifs is 2. The third kappa shape index (κ3) is 1.53. The van der Waals surface area contributed by atoms with Gasteiger partial charge in [0, 0.05) is 23.0 Å². The molecule has 0 amide bonds. The molecule has 0 saturated carbocycles. The van der Waals surface area contributed by atoms with E-state index in [0.717, 1.165) is 17.5 Å². The smallest absolute Gasteiger partial charge is 0.0802 e. The Balaban J connectivity index is 1.90. The van der Waals surface area contributed by atoms with Crippen molar-refractivity contribution in [2.24, 2.45) is 0 Å². The highest BCUT2D eigenvalue weighted by molar-refractivity contribution is 5.84. The summed E-state index contributed by atoms with van der Waals surface area (Å²) in [6.45, 7) is 0. The van der Waals surface area contributed by atoms with E-state index in [-0.39, 0.29) is 6.10 Å². The van der Waals surface area contributed by atoms with E-state index >= 15 is 0 Å². The summed E-state index contributed by atoms with van der Waals surface area (Å²) in [5.74, 6) is 0.294. The lowest BCUT2D eigenvalue weighted by molar-refractivity contribution is 0.176. The van der Waals surface area contributed by atoms with Gasteiger partial charge < -0.3 is 10.1 Å². The van der Waals surface area contributed by atoms with Crippen LogP contribution in [0.1, 0.15) is 35.1 Å². The molecule has 94 valence electrons. The summed E-state index contributed by atoms with van der Waals surface area (Å²) in [7, 11) is 0. The van der Waals surface area contributed by atoms with Crippen molar-refractivity contribution in [2.45, 2.75) is 18.4 Å². The summed E-state index contributed by atoms with van der Waals surface area (Å²) >= 11 is 0. The highest BCUT2D eigenvalue weighted by atomic mass is 16.3. The molecule has 3 aromatic rings. The van der Waals surface area contributed by atoms with E-state index in [2.05, 4.69) is 41.5 Å². The zero-order valence-electron chi connectivity index (χ0n) is 10.5. The summed E-state index contributed by atoms with van der Waals surface area (Å²) in [6.07, 6.45) is 2.53. The number of hydrogen-bond donors (Lipinski definition) is 2. The molecule has 1 aliphatic rings. The number of hydrogen-bond acceptors (Lipinski definition) is 1. The van der Waals surface area contributed by atoms with E-state index in [1.54, 1.807) is 0 Å². The molecule has 0 radical (unpaired) electrons. The maximum absolute atomic E-state index is 10.2. The Hall–Kier alpha value is -2.06. The van der Waals surface area contributed by atoms with Gasteiger partial charge in [-0.2, -0.15) is 0 Å². The van der Waals surface area contributed by atoms with Crippen LogP contribution in [-0.2, 0) is 0 Å². The molecule has 0 bridgehead atoms. The summed E-state index contributed by atoms with van der Waals surface area (Å²) in [6, 6.07) is 16.6. The molecule has 1 heterocycles. The standard InChI is InChI=1S/C17H15NO/c19-17-9-14(11-5-1-2-7-13(11)17)15-10-18-16-8-4-3-6-12(15)16/h1-8,10,14,17-19H,9H2/t14-,17+/m1/s1. The van der Waals surface area contributed by atoms with Crippen molar-refractivity contribution >= 4 is 10.9 Å². The Morgan fingerprint density at radius 1 is 0.895 bits per heavy atom. The van der Waals surface area contributed by atoms with Crippen LogP contribution < -0.4 is 0 Å². The van der Waals surface area contributed by atoms with Gasteiger partial charge in [-0.3, -0.25) is 0 Å². The van der Waals surface area contributed by atoms with Gasteiger partial charge in [-0.15, -0.1) is 0 Å². The number of aliphatic hydroxyl groups excluding tert-OH is 1. The number of benzene rings is 2. The molecule has 4 rings (SSSR count). The second-order valence-electron chi connectivity index (χ2n) is 5.22. The molecule has 0 spiro atoms. The van der Waals surface area contributed by atoms with Crippen molar-refractivity contribution in [1.29, 1.82) is 0 Å². The largest absolute Gasteiger partial charge is 0.388 e. The van der Waals surface area contributed by atoms with Crippen molar-refractivity contribution in [1.82, 2.24) is 4.98 Å². The van der Waals surface area contributed by atoms with E-state index in [4.69, 9.17) is 0 Å². The number of H-pyrrole nitrogens is 1. The molecule has 0 saturated heterocycles. The fourth-order valence-corrected chi connectivity index (χ4v) is 3.29. The summed E-state index contributed by atoms with van der Waals surface area (Å²) < 4.78 is 0. The van der Waals surface area contributed by atoms with Gasteiger partial charge in [0.25, 0.3) is 0 Å². The Morgan fingerprint density at radius 2 is 1.63 bits per heavy atom. The van der Waals surface area contributed by atoms with E-state index < -0.39 is 0 Å². The van der Waals surface area contributed by atoms with Gasteiger partial charge in [0.1, 0.15) is 0 Å². The fraction of sp³-hybridized carbons (Fsp3) is 0.176. The first-order valence-electron chi connectivity index (χ1n) is 6.67. The van der Waals surface area contributed by atoms with Gasteiger partial charge in [0.2, 0.25) is 0 Å². The van der Waals surface area contributed by atoms with Gasteiger partial charge in [-0.1, -0.05) is 42.5 Å². The van der Waals surface area contributed by atoms with E-state index in [1.807, 2.05) is 18.2 Å². The predicted octanol–water partition coefficient (Wildman–Crippen LogP) is 3.74. The fourth-order valence-electron chi connectivity index (χ4n) is 3.29. The van der Waals surface area contributed by atoms with Gasteiger partial charge >= 0.3 is 0 Å². The first-order valence-corrected chi connectivity index (χ1v) is 6.67. The number of aromatic amines is 1. The van der Waals surface area contributed by atoms with Crippen LogP contribution in [0.15, 0.2) is 54.7 Å². The number of nitrogens with one attached hydrogen (secondary N) is 1. The molecule has 2 heteroatoms. The average Bonchev–Trinajstić information content (AvgIpc) is 3.01. The highest BCUT2D eigenvalue weighted by Crippen LogP contribution is 2.45. The molecule has 2 N–H and O–H groups in total. The molecule has 0 aliphatic heterocycles. The second kappa shape index (κ2) is 3.97. The molecule has 0 fully saturated rings. The number of aromatic nitrogens is 1. The van der Waals surface area contributed by atoms with Crippen molar-refractivity contribution in [3.8, 4) is 0 Å². The van der Waals surface area contributed by atoms with Crippen LogP contribution in [-0.4, -0.2) is 10.1 Å². The van der Waals surface area contributed by atoms with Gasteiger partial charge in [0.15, 0.2) is 0 Å². The topological polar surface area (TPSA) is 36.0 Å². The molecular weight excluding hydrogens is 234 g/mol. The van der Waals surface area contributed by atoms with E-state index in [1.165, 1.54) is 16.5 Å². The SMILES string of the molecule is O[C@H]1C[C@@H](c2c[nH]c3ccccc23)c2ccccc21. The van der Waals surface area contributed by atoms with Crippen LogP contribution in [0.25, 0.3) is 10.9 Å². The van der Waals surface area contributed by atoms with Gasteiger partial charge in [-0.05, 0) is 29.2 Å². The molecule has 1 aromatic heterocycles. The first-order chi connectivity index (χ1) is 9.34. The van der Waals surface area contributed by atoms with Crippen LogP contribution in [0.3, 0.4) is 0 Å². The minimum atomic E-state index is -0.338. The molecule has 0 unspecified atom stereocenters. The van der Waals surface area contributed by atoms with Gasteiger partial charge in [-0.25, -0.2) is 0 Å². The summed E-state index contributed by atoms with van der Waals surface area (Å²) in [4.78, 5) is 3.33. The zero-order chi connectivity index (χ0) is 12.8. The number of rotatable bonds is 1. The quantitative estimate of drug-likeness (QED) is 0.677. The van der Waals surface area contributed by atoms with Crippen LogP contribution in [0.4, 0.5) is 0 Å². The number of aliphatic hydroxyl groups is 1. The van der Waals surface area contributed by atoms with Gasteiger partial charge in [0.05, 0.1) is 6.10 Å². The molecule has 19 heavy (non-hydrogen) atoms. The lowest BCUT2D eigenvalue weighted by Gasteiger charge is -2.10. The van der Waals surface area contributed by atoms with Crippen LogP contribution >= 0.6 is 0 Å². The minimum absolute atomic E-state index is 0.294. The molecule has 2 nitrogen and oxygen atoms in total. The summed E-state index contributed by atoms with van der Waals surface area (Å²) in [5, 5.41) is 11.5. The van der Waals surface area contributed by atoms with E-state index in [0.29, 0.717) is 5.92 Å². The first kappa shape index (κ1) is 10.8. The Labute approximate surface area is 111 Å². The van der Waals surface area contributed by atoms with Crippen molar-refractivity contribution in [2.75, 3.05) is 0 Å². The predicted molar refractivity (Wildman–Crippen MR) is 76.2 cm³/mol. The Kier molecular flexibility index (Phi) is 2.26. The molecule has 2 aromatic carbocycles. The normalized spacial score (nSPS) is 21.7. The monoisotopic (exact) mass is 249 g/mol. The maximum Gasteiger partial charge on any atom is 0.0802 e. The van der Waals surface area contributed by atoms with Crippen molar-refractivity contribution < 1.29 is 5.11 Å². The average molecular weight is 249 g/mol. The third-order valence-corrected chi connectivity index (χ3v) is 4.19. The zero-order valence-corrected chi connectivity index (χ0v) is 10.5. The van der Waals surface area contributed by atoms with E-state index in [9.17, 15) is 5.11 Å². The Bertz CT molecular complexity index is 744. The lowest BCUT2D eigenvalue weighted by atomic mass is 9.93. The molecule has 2 atom stereocenters. The van der Waals surface area contributed by atoms with Crippen LogP contribution in [0, 0.1) is 0 Å². The van der Waals surface area contributed by atoms with Crippen molar-refractivity contribution in [3.63, 3.8) is 0 Å². The molecular formula is C17H15NO.